The normalized spacial score (nSPS) is 26.3. The summed E-state index contributed by atoms with van der Waals surface area (Å²) in [6.07, 6.45) is 11.0. The fourth-order valence-corrected chi connectivity index (χ4v) is 4.17. The van der Waals surface area contributed by atoms with Crippen LogP contribution < -0.4 is 4.90 Å². The lowest BCUT2D eigenvalue weighted by molar-refractivity contribution is 0.121. The second-order valence-electron chi connectivity index (χ2n) is 6.00. The molecular formula is C15H22N4OS. The standard InChI is InChI=1S/C15H22N4OS/c1-2-4-13(5-3-1)21-15-17-16-14(19(15)12-6-7-12)18-8-10-20-11-9-18/h2,4,12-13H,1,3,5-11H2/t13-/m0/s1. The van der Waals surface area contributed by atoms with Crippen molar-refractivity contribution in [1.29, 1.82) is 0 Å². The lowest BCUT2D eigenvalue weighted by Crippen LogP contribution is -2.38. The van der Waals surface area contributed by atoms with E-state index in [1.165, 1.54) is 32.1 Å². The summed E-state index contributed by atoms with van der Waals surface area (Å²) in [5.41, 5.74) is 0. The minimum Gasteiger partial charge on any atom is -0.378 e. The van der Waals surface area contributed by atoms with Crippen LogP contribution in [0.4, 0.5) is 5.95 Å². The number of morpholine rings is 1. The van der Waals surface area contributed by atoms with Crippen LogP contribution in [0.25, 0.3) is 0 Å². The van der Waals surface area contributed by atoms with E-state index in [1.807, 2.05) is 11.8 Å². The van der Waals surface area contributed by atoms with Crippen LogP contribution in [0.15, 0.2) is 17.3 Å². The van der Waals surface area contributed by atoms with Crippen LogP contribution in [-0.4, -0.2) is 46.3 Å². The summed E-state index contributed by atoms with van der Waals surface area (Å²) >= 11 is 1.89. The summed E-state index contributed by atoms with van der Waals surface area (Å²) in [7, 11) is 0. The second kappa shape index (κ2) is 6.01. The molecule has 3 aliphatic rings. The van der Waals surface area contributed by atoms with Crippen molar-refractivity contribution in [2.24, 2.45) is 0 Å². The summed E-state index contributed by atoms with van der Waals surface area (Å²) in [4.78, 5) is 2.33. The van der Waals surface area contributed by atoms with Crippen molar-refractivity contribution in [3.8, 4) is 0 Å². The van der Waals surface area contributed by atoms with Crippen LogP contribution in [-0.2, 0) is 4.74 Å². The highest BCUT2D eigenvalue weighted by atomic mass is 32.2. The number of anilines is 1. The van der Waals surface area contributed by atoms with E-state index in [0.717, 1.165) is 37.4 Å². The first-order chi connectivity index (χ1) is 10.4. The van der Waals surface area contributed by atoms with Crippen molar-refractivity contribution in [1.82, 2.24) is 14.8 Å². The maximum absolute atomic E-state index is 5.45. The van der Waals surface area contributed by atoms with Gasteiger partial charge in [-0.1, -0.05) is 23.9 Å². The van der Waals surface area contributed by atoms with Crippen LogP contribution >= 0.6 is 11.8 Å². The molecule has 0 amide bonds. The zero-order valence-corrected chi connectivity index (χ0v) is 13.1. The van der Waals surface area contributed by atoms with E-state index in [9.17, 15) is 0 Å². The van der Waals surface area contributed by atoms with Gasteiger partial charge in [0.1, 0.15) is 0 Å². The Morgan fingerprint density at radius 2 is 2.00 bits per heavy atom. The molecule has 114 valence electrons. The molecule has 0 aromatic carbocycles. The molecule has 0 spiro atoms. The summed E-state index contributed by atoms with van der Waals surface area (Å²) in [5, 5.41) is 10.7. The monoisotopic (exact) mass is 306 g/mol. The molecule has 1 saturated heterocycles. The van der Waals surface area contributed by atoms with Crippen molar-refractivity contribution in [3.05, 3.63) is 12.2 Å². The molecule has 2 aliphatic carbocycles. The number of aromatic nitrogens is 3. The fraction of sp³-hybridized carbons (Fsp3) is 0.733. The van der Waals surface area contributed by atoms with Gasteiger partial charge in [-0.05, 0) is 32.1 Å². The van der Waals surface area contributed by atoms with E-state index in [0.29, 0.717) is 11.3 Å². The number of hydrogen-bond donors (Lipinski definition) is 0. The molecule has 2 heterocycles. The maximum atomic E-state index is 5.45. The smallest absolute Gasteiger partial charge is 0.228 e. The zero-order chi connectivity index (χ0) is 14.1. The van der Waals surface area contributed by atoms with Crippen molar-refractivity contribution in [2.75, 3.05) is 31.2 Å². The molecule has 1 aromatic rings. The molecule has 0 unspecified atom stereocenters. The number of hydrogen-bond acceptors (Lipinski definition) is 5. The molecule has 2 fully saturated rings. The van der Waals surface area contributed by atoms with Crippen LogP contribution in [0.1, 0.15) is 38.1 Å². The highest BCUT2D eigenvalue weighted by molar-refractivity contribution is 7.99. The van der Waals surface area contributed by atoms with Crippen molar-refractivity contribution < 1.29 is 4.74 Å². The third-order valence-electron chi connectivity index (χ3n) is 4.32. The molecule has 6 heteroatoms. The average molecular weight is 306 g/mol. The van der Waals surface area contributed by atoms with Crippen LogP contribution in [0.2, 0.25) is 0 Å². The Morgan fingerprint density at radius 1 is 1.14 bits per heavy atom. The fourth-order valence-electron chi connectivity index (χ4n) is 3.00. The molecule has 1 saturated carbocycles. The Morgan fingerprint density at radius 3 is 2.71 bits per heavy atom. The van der Waals surface area contributed by atoms with Crippen molar-refractivity contribution in [3.63, 3.8) is 0 Å². The van der Waals surface area contributed by atoms with Crippen molar-refractivity contribution >= 4 is 17.7 Å². The SMILES string of the molecule is C1=C[C@H](Sc2nnc(N3CCOCC3)n2C2CC2)CCC1. The number of nitrogens with zero attached hydrogens (tertiary/aromatic N) is 4. The zero-order valence-electron chi connectivity index (χ0n) is 12.3. The highest BCUT2D eigenvalue weighted by Crippen LogP contribution is 2.42. The van der Waals surface area contributed by atoms with Gasteiger partial charge in [0.2, 0.25) is 5.95 Å². The largest absolute Gasteiger partial charge is 0.378 e. The lowest BCUT2D eigenvalue weighted by Gasteiger charge is -2.28. The van der Waals surface area contributed by atoms with E-state index in [2.05, 4.69) is 31.8 Å². The Labute approximate surface area is 129 Å². The Balaban J connectivity index is 1.57. The molecule has 0 N–H and O–H groups in total. The summed E-state index contributed by atoms with van der Waals surface area (Å²) in [6, 6.07) is 0.618. The predicted octanol–water partition coefficient (Wildman–Crippen LogP) is 2.65. The molecular weight excluding hydrogens is 284 g/mol. The van der Waals surface area contributed by atoms with Crippen LogP contribution in [0.5, 0.6) is 0 Å². The van der Waals surface area contributed by atoms with Gasteiger partial charge in [0.05, 0.1) is 13.2 Å². The minimum atomic E-state index is 0.568. The van der Waals surface area contributed by atoms with Gasteiger partial charge in [-0.25, -0.2) is 0 Å². The number of thioether (sulfide) groups is 1. The summed E-state index contributed by atoms with van der Waals surface area (Å²) in [5.74, 6) is 1.06. The number of allylic oxidation sites excluding steroid dienone is 1. The van der Waals surface area contributed by atoms with E-state index in [-0.39, 0.29) is 0 Å². The van der Waals surface area contributed by atoms with Gasteiger partial charge in [-0.2, -0.15) is 0 Å². The van der Waals surface area contributed by atoms with Crippen LogP contribution in [0.3, 0.4) is 0 Å². The van der Waals surface area contributed by atoms with E-state index in [4.69, 9.17) is 4.74 Å². The van der Waals surface area contributed by atoms with Gasteiger partial charge in [-0.3, -0.25) is 4.57 Å². The molecule has 4 rings (SSSR count). The third-order valence-corrected chi connectivity index (χ3v) is 5.50. The number of ether oxygens (including phenoxy) is 1. The summed E-state index contributed by atoms with van der Waals surface area (Å²) < 4.78 is 7.84. The quantitative estimate of drug-likeness (QED) is 0.800. The molecule has 21 heavy (non-hydrogen) atoms. The Kier molecular flexibility index (Phi) is 3.90. The molecule has 1 atom stereocenters. The first kappa shape index (κ1) is 13.6. The first-order valence-electron chi connectivity index (χ1n) is 8.03. The predicted molar refractivity (Wildman–Crippen MR) is 84.0 cm³/mol. The summed E-state index contributed by atoms with van der Waals surface area (Å²) in [6.45, 7) is 3.45. The van der Waals surface area contributed by atoms with Crippen LogP contribution in [0, 0.1) is 0 Å². The van der Waals surface area contributed by atoms with Crippen molar-refractivity contribution in [2.45, 2.75) is 48.6 Å². The Hall–Kier alpha value is -1.01. The first-order valence-corrected chi connectivity index (χ1v) is 8.91. The molecule has 1 aliphatic heterocycles. The molecule has 0 bridgehead atoms. The van der Waals surface area contributed by atoms with Gasteiger partial charge in [0.25, 0.3) is 0 Å². The van der Waals surface area contributed by atoms with Gasteiger partial charge < -0.3 is 9.64 Å². The Bertz CT molecular complexity index is 520. The topological polar surface area (TPSA) is 43.2 Å². The van der Waals surface area contributed by atoms with Gasteiger partial charge in [-0.15, -0.1) is 10.2 Å². The van der Waals surface area contributed by atoms with E-state index in [1.54, 1.807) is 0 Å². The van der Waals surface area contributed by atoms with Gasteiger partial charge in [0, 0.05) is 24.4 Å². The molecule has 0 radical (unpaired) electrons. The average Bonchev–Trinajstić information content (AvgIpc) is 3.30. The highest BCUT2D eigenvalue weighted by Gasteiger charge is 2.32. The minimum absolute atomic E-state index is 0.568. The van der Waals surface area contributed by atoms with Gasteiger partial charge >= 0.3 is 0 Å². The lowest BCUT2D eigenvalue weighted by atomic mass is 10.1. The van der Waals surface area contributed by atoms with Gasteiger partial charge in [0.15, 0.2) is 5.16 Å². The molecule has 5 nitrogen and oxygen atoms in total. The number of rotatable bonds is 4. The second-order valence-corrected chi connectivity index (χ2v) is 7.20. The van der Waals surface area contributed by atoms with E-state index < -0.39 is 0 Å². The maximum Gasteiger partial charge on any atom is 0.228 e. The third kappa shape index (κ3) is 2.97. The molecule has 1 aromatic heterocycles. The van der Waals surface area contributed by atoms with E-state index >= 15 is 0 Å².